The van der Waals surface area contributed by atoms with Crippen LogP contribution in [0.3, 0.4) is 0 Å². The molecule has 0 aromatic carbocycles. The third-order valence-electron chi connectivity index (χ3n) is 1.52. The molecule has 0 fully saturated rings. The number of allylic oxidation sites excluding steroid dienone is 1. The van der Waals surface area contributed by atoms with Gasteiger partial charge < -0.3 is 4.74 Å². The second-order valence-electron chi connectivity index (χ2n) is 2.68. The SMILES string of the molecule is C/C=C/CCOC(=O)CCCC. The zero-order valence-corrected chi connectivity index (χ0v) is 8.01. The predicted octanol–water partition coefficient (Wildman–Crippen LogP) is 2.69. The molecule has 0 aliphatic rings. The first-order chi connectivity index (χ1) is 5.81. The lowest BCUT2D eigenvalue weighted by atomic mass is 10.2. The maximum Gasteiger partial charge on any atom is 0.305 e. The molecule has 0 saturated carbocycles. The van der Waals surface area contributed by atoms with Crippen LogP contribution in [0.5, 0.6) is 0 Å². The molecule has 0 aromatic heterocycles. The first-order valence-corrected chi connectivity index (χ1v) is 4.58. The summed E-state index contributed by atoms with van der Waals surface area (Å²) in [5, 5.41) is 0. The third-order valence-corrected chi connectivity index (χ3v) is 1.52. The van der Waals surface area contributed by atoms with Crippen molar-refractivity contribution in [2.75, 3.05) is 6.61 Å². The lowest BCUT2D eigenvalue weighted by molar-refractivity contribution is -0.143. The van der Waals surface area contributed by atoms with Crippen molar-refractivity contribution < 1.29 is 9.53 Å². The van der Waals surface area contributed by atoms with Gasteiger partial charge >= 0.3 is 5.97 Å². The van der Waals surface area contributed by atoms with Gasteiger partial charge in [0, 0.05) is 6.42 Å². The molecule has 0 aromatic rings. The maximum absolute atomic E-state index is 10.9. The monoisotopic (exact) mass is 170 g/mol. The van der Waals surface area contributed by atoms with E-state index in [-0.39, 0.29) is 5.97 Å². The van der Waals surface area contributed by atoms with Crippen molar-refractivity contribution in [2.45, 2.75) is 39.5 Å². The molecule has 2 heteroatoms. The summed E-state index contributed by atoms with van der Waals surface area (Å²) in [5.41, 5.74) is 0. The van der Waals surface area contributed by atoms with E-state index in [0.717, 1.165) is 19.3 Å². The summed E-state index contributed by atoms with van der Waals surface area (Å²) >= 11 is 0. The fourth-order valence-electron chi connectivity index (χ4n) is 0.801. The first-order valence-electron chi connectivity index (χ1n) is 4.58. The lowest BCUT2D eigenvalue weighted by Gasteiger charge is -2.01. The molecular formula is C10H18O2. The van der Waals surface area contributed by atoms with Crippen LogP contribution in [0.2, 0.25) is 0 Å². The van der Waals surface area contributed by atoms with Gasteiger partial charge in [0.25, 0.3) is 0 Å². The van der Waals surface area contributed by atoms with E-state index in [0.29, 0.717) is 13.0 Å². The Morgan fingerprint density at radius 3 is 2.83 bits per heavy atom. The third kappa shape index (κ3) is 7.32. The van der Waals surface area contributed by atoms with Crippen LogP contribution in [0.1, 0.15) is 39.5 Å². The van der Waals surface area contributed by atoms with Crippen LogP contribution in [0.4, 0.5) is 0 Å². The summed E-state index contributed by atoms with van der Waals surface area (Å²) < 4.78 is 4.96. The molecule has 0 aliphatic carbocycles. The van der Waals surface area contributed by atoms with E-state index in [4.69, 9.17) is 4.74 Å². The summed E-state index contributed by atoms with van der Waals surface area (Å²) in [5.74, 6) is -0.0682. The number of hydrogen-bond acceptors (Lipinski definition) is 2. The van der Waals surface area contributed by atoms with Crippen LogP contribution in [-0.2, 0) is 9.53 Å². The van der Waals surface area contributed by atoms with Crippen LogP contribution in [0.15, 0.2) is 12.2 Å². The summed E-state index contributed by atoms with van der Waals surface area (Å²) in [4.78, 5) is 10.9. The fraction of sp³-hybridized carbons (Fsp3) is 0.700. The molecule has 70 valence electrons. The van der Waals surface area contributed by atoms with Gasteiger partial charge in [0.05, 0.1) is 6.61 Å². The van der Waals surface area contributed by atoms with Crippen LogP contribution in [0.25, 0.3) is 0 Å². The molecule has 0 unspecified atom stereocenters. The lowest BCUT2D eigenvalue weighted by Crippen LogP contribution is -2.04. The zero-order valence-electron chi connectivity index (χ0n) is 8.01. The van der Waals surface area contributed by atoms with Crippen molar-refractivity contribution in [3.63, 3.8) is 0 Å². The largest absolute Gasteiger partial charge is 0.465 e. The van der Waals surface area contributed by atoms with Gasteiger partial charge in [-0.2, -0.15) is 0 Å². The normalized spacial score (nSPS) is 10.5. The number of carbonyl (C=O) groups excluding carboxylic acids is 1. The minimum absolute atomic E-state index is 0.0682. The van der Waals surface area contributed by atoms with Gasteiger partial charge in [0.1, 0.15) is 0 Å². The average molecular weight is 170 g/mol. The summed E-state index contributed by atoms with van der Waals surface area (Å²) in [6, 6.07) is 0. The van der Waals surface area contributed by atoms with Crippen molar-refractivity contribution in [3.8, 4) is 0 Å². The molecule has 0 aliphatic heterocycles. The molecule has 0 heterocycles. The van der Waals surface area contributed by atoms with Crippen LogP contribution < -0.4 is 0 Å². The van der Waals surface area contributed by atoms with Gasteiger partial charge in [-0.3, -0.25) is 4.79 Å². The molecule has 12 heavy (non-hydrogen) atoms. The number of ether oxygens (including phenoxy) is 1. The van der Waals surface area contributed by atoms with E-state index in [1.54, 1.807) is 0 Å². The Hall–Kier alpha value is -0.790. The van der Waals surface area contributed by atoms with Gasteiger partial charge in [-0.05, 0) is 19.8 Å². The first kappa shape index (κ1) is 11.2. The smallest absolute Gasteiger partial charge is 0.305 e. The topological polar surface area (TPSA) is 26.3 Å². The van der Waals surface area contributed by atoms with Crippen molar-refractivity contribution in [1.82, 2.24) is 0 Å². The highest BCUT2D eigenvalue weighted by Crippen LogP contribution is 1.97. The van der Waals surface area contributed by atoms with Crippen LogP contribution in [-0.4, -0.2) is 12.6 Å². The quantitative estimate of drug-likeness (QED) is 0.348. The highest BCUT2D eigenvalue weighted by atomic mass is 16.5. The van der Waals surface area contributed by atoms with E-state index in [1.165, 1.54) is 0 Å². The minimum atomic E-state index is -0.0682. The van der Waals surface area contributed by atoms with Crippen LogP contribution in [0, 0.1) is 0 Å². The molecule has 2 nitrogen and oxygen atoms in total. The highest BCUT2D eigenvalue weighted by molar-refractivity contribution is 5.69. The number of unbranched alkanes of at least 4 members (excludes halogenated alkanes) is 1. The van der Waals surface area contributed by atoms with E-state index < -0.39 is 0 Å². The molecule has 0 saturated heterocycles. The Morgan fingerprint density at radius 2 is 2.25 bits per heavy atom. The molecule has 0 amide bonds. The minimum Gasteiger partial charge on any atom is -0.465 e. The van der Waals surface area contributed by atoms with Crippen molar-refractivity contribution in [3.05, 3.63) is 12.2 Å². The Morgan fingerprint density at radius 1 is 1.50 bits per heavy atom. The number of hydrogen-bond donors (Lipinski definition) is 0. The number of esters is 1. The van der Waals surface area contributed by atoms with E-state index >= 15 is 0 Å². The van der Waals surface area contributed by atoms with E-state index in [1.807, 2.05) is 19.1 Å². The number of rotatable bonds is 6. The number of carbonyl (C=O) groups is 1. The Kier molecular flexibility index (Phi) is 7.76. The van der Waals surface area contributed by atoms with Crippen molar-refractivity contribution in [1.29, 1.82) is 0 Å². The summed E-state index contributed by atoms with van der Waals surface area (Å²) in [7, 11) is 0. The Bertz CT molecular complexity index is 139. The molecule has 0 radical (unpaired) electrons. The predicted molar refractivity (Wildman–Crippen MR) is 49.9 cm³/mol. The second kappa shape index (κ2) is 8.31. The molecule has 0 atom stereocenters. The van der Waals surface area contributed by atoms with Crippen molar-refractivity contribution in [2.24, 2.45) is 0 Å². The molecule has 0 rings (SSSR count). The van der Waals surface area contributed by atoms with Crippen LogP contribution >= 0.6 is 0 Å². The zero-order chi connectivity index (χ0) is 9.23. The summed E-state index contributed by atoms with van der Waals surface area (Å²) in [6.07, 6.45) is 7.32. The molecule has 0 spiro atoms. The standard InChI is InChI=1S/C10H18O2/c1-3-5-7-9-12-10(11)8-6-4-2/h3,5H,4,6-9H2,1-2H3/b5-3+. The van der Waals surface area contributed by atoms with E-state index in [9.17, 15) is 4.79 Å². The molecular weight excluding hydrogens is 152 g/mol. The Balaban J connectivity index is 3.19. The van der Waals surface area contributed by atoms with E-state index in [2.05, 4.69) is 6.92 Å². The Labute approximate surface area is 74.6 Å². The van der Waals surface area contributed by atoms with Crippen molar-refractivity contribution >= 4 is 5.97 Å². The summed E-state index contributed by atoms with van der Waals surface area (Å²) in [6.45, 7) is 4.54. The van der Waals surface area contributed by atoms with Gasteiger partial charge in [0.2, 0.25) is 0 Å². The van der Waals surface area contributed by atoms with Gasteiger partial charge in [-0.15, -0.1) is 0 Å². The fourth-order valence-corrected chi connectivity index (χ4v) is 0.801. The van der Waals surface area contributed by atoms with Gasteiger partial charge in [0.15, 0.2) is 0 Å². The second-order valence-corrected chi connectivity index (χ2v) is 2.68. The van der Waals surface area contributed by atoms with Gasteiger partial charge in [-0.1, -0.05) is 25.5 Å². The molecule has 0 N–H and O–H groups in total. The molecule has 0 bridgehead atoms. The van der Waals surface area contributed by atoms with Gasteiger partial charge in [-0.25, -0.2) is 0 Å². The average Bonchev–Trinajstić information content (AvgIpc) is 2.09. The maximum atomic E-state index is 10.9. The highest BCUT2D eigenvalue weighted by Gasteiger charge is 1.99.